The Morgan fingerprint density at radius 2 is 1.89 bits per heavy atom. The number of carbonyl (C=O) groups excluding carboxylic acids is 1. The molecule has 0 saturated heterocycles. The number of ether oxygens (including phenoxy) is 1. The van der Waals surface area contributed by atoms with Gasteiger partial charge in [0.2, 0.25) is 0 Å². The number of pyridine rings is 1. The Labute approximate surface area is 224 Å². The van der Waals surface area contributed by atoms with Crippen LogP contribution < -0.4 is 10.1 Å². The Bertz CT molecular complexity index is 1340. The number of allylic oxidation sites excluding steroid dienone is 3. The summed E-state index contributed by atoms with van der Waals surface area (Å²) in [4.78, 5) is 21.4. The molecule has 3 aromatic rings. The lowest BCUT2D eigenvalue weighted by atomic mass is 10.0. The summed E-state index contributed by atoms with van der Waals surface area (Å²) in [5, 5.41) is 4.10. The third-order valence-electron chi connectivity index (χ3n) is 5.67. The van der Waals surface area contributed by atoms with E-state index >= 15 is 0 Å². The summed E-state index contributed by atoms with van der Waals surface area (Å²) in [5.74, 6) is 1.78. The van der Waals surface area contributed by atoms with Gasteiger partial charge >= 0.3 is 0 Å². The number of methoxy groups -OCH3 is 1. The van der Waals surface area contributed by atoms with Crippen molar-refractivity contribution in [2.45, 2.75) is 54.0 Å². The normalized spacial score (nSPS) is 14.9. The first-order valence-electron chi connectivity index (χ1n) is 12.6. The number of anilines is 1. The van der Waals surface area contributed by atoms with Crippen LogP contribution in [0.15, 0.2) is 59.9 Å². The second-order valence-corrected chi connectivity index (χ2v) is 11.5. The minimum Gasteiger partial charge on any atom is -0.494 e. The van der Waals surface area contributed by atoms with E-state index in [-0.39, 0.29) is 11.7 Å². The minimum atomic E-state index is 0.134. The third kappa shape index (κ3) is 6.89. The van der Waals surface area contributed by atoms with Crippen LogP contribution in [0.2, 0.25) is 0 Å². The van der Waals surface area contributed by atoms with Crippen molar-refractivity contribution in [3.63, 3.8) is 0 Å². The molecule has 0 bridgehead atoms. The van der Waals surface area contributed by atoms with E-state index in [9.17, 15) is 4.79 Å². The maximum absolute atomic E-state index is 12.3. The first kappa shape index (κ1) is 26.7. The van der Waals surface area contributed by atoms with E-state index in [0.717, 1.165) is 46.9 Å². The molecule has 1 fully saturated rings. The van der Waals surface area contributed by atoms with Gasteiger partial charge in [0.05, 0.1) is 24.2 Å². The lowest BCUT2D eigenvalue weighted by molar-refractivity contribution is 0.0963. The van der Waals surface area contributed by atoms with Crippen molar-refractivity contribution < 1.29 is 9.53 Å². The summed E-state index contributed by atoms with van der Waals surface area (Å²) >= 11 is 6.37. The van der Waals surface area contributed by atoms with E-state index in [2.05, 4.69) is 47.5 Å². The molecular formula is C30H35ClN4O2. The Morgan fingerprint density at radius 3 is 2.51 bits per heavy atom. The SMILES string of the molecule is CC(C)(C)C.COc1c(NC2=CC(Cl)=CCn3cc(C)nc32)cccc1-c1ccc(C(=O)C2CC2)nc1. The highest BCUT2D eigenvalue weighted by atomic mass is 35.5. The van der Waals surface area contributed by atoms with Crippen LogP contribution in [0.3, 0.4) is 0 Å². The number of aryl methyl sites for hydroxylation is 1. The van der Waals surface area contributed by atoms with E-state index in [1.54, 1.807) is 19.4 Å². The Morgan fingerprint density at radius 1 is 1.16 bits per heavy atom. The predicted molar refractivity (Wildman–Crippen MR) is 151 cm³/mol. The zero-order chi connectivity index (χ0) is 26.7. The Hall–Kier alpha value is -3.38. The van der Waals surface area contributed by atoms with Crippen molar-refractivity contribution in [2.75, 3.05) is 12.4 Å². The molecule has 0 radical (unpaired) electrons. The molecule has 0 amide bonds. The summed E-state index contributed by atoms with van der Waals surface area (Å²) in [6, 6.07) is 9.60. The van der Waals surface area contributed by atoms with Crippen LogP contribution in [0.25, 0.3) is 16.8 Å². The fourth-order valence-corrected chi connectivity index (χ4v) is 4.10. The zero-order valence-corrected chi connectivity index (χ0v) is 23.2. The number of para-hydroxylation sites is 1. The molecular weight excluding hydrogens is 484 g/mol. The second kappa shape index (κ2) is 10.9. The predicted octanol–water partition coefficient (Wildman–Crippen LogP) is 7.50. The molecule has 6 nitrogen and oxygen atoms in total. The molecule has 1 saturated carbocycles. The summed E-state index contributed by atoms with van der Waals surface area (Å²) in [6.45, 7) is 11.4. The maximum Gasteiger partial charge on any atom is 0.184 e. The Balaban J connectivity index is 0.000000586. The lowest BCUT2D eigenvalue weighted by Gasteiger charge is -2.17. The first-order valence-corrected chi connectivity index (χ1v) is 13.0. The highest BCUT2D eigenvalue weighted by molar-refractivity contribution is 6.31. The number of halogens is 1. The molecule has 194 valence electrons. The molecule has 1 aromatic carbocycles. The number of nitrogens with one attached hydrogen (secondary N) is 1. The number of Topliss-reactive ketones (excluding diaryl/α,β-unsaturated/α-hetero) is 1. The van der Waals surface area contributed by atoms with Gasteiger partial charge in [-0.3, -0.25) is 9.78 Å². The van der Waals surface area contributed by atoms with Crippen molar-refractivity contribution in [3.8, 4) is 16.9 Å². The second-order valence-electron chi connectivity index (χ2n) is 11.1. The number of imidazole rings is 1. The van der Waals surface area contributed by atoms with Crippen molar-refractivity contribution in [1.82, 2.24) is 14.5 Å². The summed E-state index contributed by atoms with van der Waals surface area (Å²) in [6.07, 6.45) is 9.50. The van der Waals surface area contributed by atoms with Gasteiger partial charge in [-0.25, -0.2) is 4.98 Å². The van der Waals surface area contributed by atoms with Gasteiger partial charge in [-0.05, 0) is 49.5 Å². The van der Waals surface area contributed by atoms with E-state index < -0.39 is 0 Å². The molecule has 0 spiro atoms. The quantitative estimate of drug-likeness (QED) is 0.342. The molecule has 2 aliphatic rings. The molecule has 37 heavy (non-hydrogen) atoms. The minimum absolute atomic E-state index is 0.134. The average molecular weight is 519 g/mol. The largest absolute Gasteiger partial charge is 0.494 e. The number of hydrogen-bond donors (Lipinski definition) is 1. The number of carbonyl (C=O) groups is 1. The Kier molecular flexibility index (Phi) is 7.88. The molecule has 1 aliphatic carbocycles. The van der Waals surface area contributed by atoms with Gasteiger partial charge in [-0.1, -0.05) is 57.5 Å². The van der Waals surface area contributed by atoms with Crippen LogP contribution in [0, 0.1) is 18.3 Å². The number of aromatic nitrogens is 3. The molecule has 5 rings (SSSR count). The van der Waals surface area contributed by atoms with Crippen molar-refractivity contribution >= 4 is 28.8 Å². The van der Waals surface area contributed by atoms with Gasteiger partial charge in [0.15, 0.2) is 11.6 Å². The van der Waals surface area contributed by atoms with Gasteiger partial charge in [0, 0.05) is 41.0 Å². The van der Waals surface area contributed by atoms with Crippen LogP contribution in [0.4, 0.5) is 5.69 Å². The molecule has 1 aliphatic heterocycles. The number of benzene rings is 1. The molecule has 0 unspecified atom stereocenters. The van der Waals surface area contributed by atoms with E-state index in [1.165, 1.54) is 0 Å². The summed E-state index contributed by atoms with van der Waals surface area (Å²) in [7, 11) is 1.64. The third-order valence-corrected chi connectivity index (χ3v) is 5.93. The number of nitrogens with zero attached hydrogens (tertiary/aromatic N) is 3. The summed E-state index contributed by atoms with van der Waals surface area (Å²) in [5.41, 5.74) is 5.29. The fourth-order valence-electron chi connectivity index (χ4n) is 3.92. The molecule has 3 heterocycles. The fraction of sp³-hybridized carbons (Fsp3) is 0.367. The number of rotatable bonds is 6. The molecule has 0 atom stereocenters. The molecule has 2 aromatic heterocycles. The van der Waals surface area contributed by atoms with Gasteiger partial charge in [-0.2, -0.15) is 0 Å². The van der Waals surface area contributed by atoms with E-state index in [0.29, 0.717) is 28.4 Å². The highest BCUT2D eigenvalue weighted by Crippen LogP contribution is 2.38. The first-order chi connectivity index (χ1) is 17.5. The van der Waals surface area contributed by atoms with Crippen LogP contribution in [-0.2, 0) is 6.54 Å². The maximum atomic E-state index is 12.3. The highest BCUT2D eigenvalue weighted by Gasteiger charge is 2.31. The van der Waals surface area contributed by atoms with Gasteiger partial charge < -0.3 is 14.6 Å². The van der Waals surface area contributed by atoms with Gasteiger partial charge in [-0.15, -0.1) is 0 Å². The molecule has 1 N–H and O–H groups in total. The monoisotopic (exact) mass is 518 g/mol. The van der Waals surface area contributed by atoms with E-state index in [1.807, 2.05) is 49.5 Å². The topological polar surface area (TPSA) is 69.0 Å². The molecule has 7 heteroatoms. The standard InChI is InChI=1S/C25H23ClN4O2.C5H12/c1-15-14-30-11-10-18(26)12-22(25(30)28-15)29-21-5-3-4-19(24(21)32-2)17-8-9-20(27-13-17)23(31)16-6-7-16;1-5(2,3)4/h3-5,8-10,12-14,16,29H,6-7,11H2,1-2H3;1-4H3. The average Bonchev–Trinajstić information content (AvgIpc) is 3.64. The number of hydrogen-bond acceptors (Lipinski definition) is 5. The van der Waals surface area contributed by atoms with Gasteiger partial charge in [0.1, 0.15) is 11.4 Å². The smallest absolute Gasteiger partial charge is 0.184 e. The van der Waals surface area contributed by atoms with Crippen LogP contribution >= 0.6 is 11.6 Å². The number of fused-ring (bicyclic) bond motifs is 1. The van der Waals surface area contributed by atoms with Crippen molar-refractivity contribution in [2.24, 2.45) is 11.3 Å². The van der Waals surface area contributed by atoms with Gasteiger partial charge in [0.25, 0.3) is 0 Å². The van der Waals surface area contributed by atoms with Crippen LogP contribution in [0.5, 0.6) is 5.75 Å². The lowest BCUT2D eigenvalue weighted by Crippen LogP contribution is -2.07. The zero-order valence-electron chi connectivity index (χ0n) is 22.4. The van der Waals surface area contributed by atoms with E-state index in [4.69, 9.17) is 16.3 Å². The van der Waals surface area contributed by atoms with Crippen LogP contribution in [-0.4, -0.2) is 27.4 Å². The summed E-state index contributed by atoms with van der Waals surface area (Å²) < 4.78 is 7.85. The van der Waals surface area contributed by atoms with Crippen molar-refractivity contribution in [1.29, 1.82) is 0 Å². The number of ketones is 1. The van der Waals surface area contributed by atoms with Crippen molar-refractivity contribution in [3.05, 3.63) is 77.1 Å². The van der Waals surface area contributed by atoms with Crippen LogP contribution in [0.1, 0.15) is 62.5 Å².